The number of imide groups is 1. The molecule has 5 heteroatoms. The van der Waals surface area contributed by atoms with Gasteiger partial charge in [0.2, 0.25) is 0 Å². The van der Waals surface area contributed by atoms with Crippen molar-refractivity contribution in [1.82, 2.24) is 0 Å². The van der Waals surface area contributed by atoms with Crippen molar-refractivity contribution in [3.8, 4) is 5.75 Å². The van der Waals surface area contributed by atoms with E-state index in [0.29, 0.717) is 23.4 Å². The van der Waals surface area contributed by atoms with Gasteiger partial charge in [-0.25, -0.2) is 4.90 Å². The van der Waals surface area contributed by atoms with Gasteiger partial charge >= 0.3 is 0 Å². The van der Waals surface area contributed by atoms with E-state index in [2.05, 4.69) is 12.2 Å². The summed E-state index contributed by atoms with van der Waals surface area (Å²) in [7, 11) is 0. The van der Waals surface area contributed by atoms with Gasteiger partial charge in [-0.1, -0.05) is 44.2 Å². The van der Waals surface area contributed by atoms with E-state index < -0.39 is 0 Å². The molecule has 34 heavy (non-hydrogen) atoms. The predicted octanol–water partition coefficient (Wildman–Crippen LogP) is 6.05. The highest BCUT2D eigenvalue weighted by atomic mass is 16.5. The van der Waals surface area contributed by atoms with Crippen molar-refractivity contribution in [3.63, 3.8) is 0 Å². The first kappa shape index (κ1) is 23.3. The van der Waals surface area contributed by atoms with Crippen LogP contribution in [0.4, 0.5) is 11.4 Å². The maximum absolute atomic E-state index is 13.6. The van der Waals surface area contributed by atoms with Crippen molar-refractivity contribution >= 4 is 28.8 Å². The number of nitrogens with one attached hydrogen (secondary N) is 1. The molecule has 0 spiro atoms. The first-order chi connectivity index (χ1) is 16.4. The lowest BCUT2D eigenvalue weighted by Crippen LogP contribution is -2.32. The smallest absolute Gasteiger partial charge is 0.282 e. The molecular formula is C29H30N2O3. The van der Waals surface area contributed by atoms with E-state index in [4.69, 9.17) is 4.74 Å². The van der Waals surface area contributed by atoms with Crippen LogP contribution in [0, 0.1) is 13.8 Å². The van der Waals surface area contributed by atoms with Gasteiger partial charge in [0.15, 0.2) is 0 Å². The summed E-state index contributed by atoms with van der Waals surface area (Å²) in [5.74, 6) is 0.0240. The summed E-state index contributed by atoms with van der Waals surface area (Å²) >= 11 is 0. The minimum atomic E-state index is -0.367. The Kier molecular flexibility index (Phi) is 6.82. The van der Waals surface area contributed by atoms with E-state index in [9.17, 15) is 9.59 Å². The molecule has 0 unspecified atom stereocenters. The van der Waals surface area contributed by atoms with E-state index >= 15 is 0 Å². The van der Waals surface area contributed by atoms with Crippen molar-refractivity contribution in [2.24, 2.45) is 0 Å². The molecule has 0 bridgehead atoms. The standard InChI is InChI=1S/C29H30N2O3/c1-5-17-34-25-15-10-22(11-16-25)26-27(30-23-12-8-21(6-2)9-13-23)29(33)31(28(26)32)24-14-7-19(3)20(4)18-24/h7-16,18,30H,5-6,17H2,1-4H3. The van der Waals surface area contributed by atoms with Crippen molar-refractivity contribution in [3.05, 3.63) is 94.7 Å². The minimum absolute atomic E-state index is 0.273. The topological polar surface area (TPSA) is 58.6 Å². The molecule has 4 rings (SSSR count). The van der Waals surface area contributed by atoms with Gasteiger partial charge in [0.1, 0.15) is 11.4 Å². The summed E-state index contributed by atoms with van der Waals surface area (Å²) in [4.78, 5) is 28.5. The Hall–Kier alpha value is -3.86. The molecule has 0 radical (unpaired) electrons. The molecule has 174 valence electrons. The summed E-state index contributed by atoms with van der Waals surface area (Å²) in [5, 5.41) is 3.23. The summed E-state index contributed by atoms with van der Waals surface area (Å²) in [6, 6.07) is 20.9. The lowest BCUT2D eigenvalue weighted by Gasteiger charge is -2.17. The third kappa shape index (κ3) is 4.60. The second-order valence-corrected chi connectivity index (χ2v) is 8.51. The van der Waals surface area contributed by atoms with E-state index in [0.717, 1.165) is 35.4 Å². The van der Waals surface area contributed by atoms with E-state index in [-0.39, 0.29) is 17.5 Å². The molecule has 0 saturated heterocycles. The summed E-state index contributed by atoms with van der Waals surface area (Å²) in [6.07, 6.45) is 1.84. The molecular weight excluding hydrogens is 424 g/mol. The number of aryl methyl sites for hydroxylation is 3. The number of nitrogens with zero attached hydrogens (tertiary/aromatic N) is 1. The molecule has 2 amide bonds. The van der Waals surface area contributed by atoms with Gasteiger partial charge in [-0.2, -0.15) is 0 Å². The molecule has 3 aromatic rings. The maximum atomic E-state index is 13.6. The zero-order valence-electron chi connectivity index (χ0n) is 20.1. The normalized spacial score (nSPS) is 13.6. The largest absolute Gasteiger partial charge is 0.494 e. The zero-order valence-corrected chi connectivity index (χ0v) is 20.1. The molecule has 3 aromatic carbocycles. The third-order valence-corrected chi connectivity index (χ3v) is 6.08. The molecule has 1 aliphatic heterocycles. The van der Waals surface area contributed by atoms with E-state index in [1.807, 2.05) is 87.5 Å². The number of anilines is 2. The van der Waals surface area contributed by atoms with Gasteiger partial charge in [-0.05, 0) is 85.3 Å². The number of carbonyl (C=O) groups is 2. The maximum Gasteiger partial charge on any atom is 0.282 e. The van der Waals surface area contributed by atoms with Gasteiger partial charge in [0, 0.05) is 5.69 Å². The van der Waals surface area contributed by atoms with Crippen LogP contribution in [-0.4, -0.2) is 18.4 Å². The Labute approximate surface area is 201 Å². The van der Waals surface area contributed by atoms with Gasteiger partial charge in [-0.15, -0.1) is 0 Å². The molecule has 0 fully saturated rings. The van der Waals surface area contributed by atoms with Crippen LogP contribution in [-0.2, 0) is 16.0 Å². The highest BCUT2D eigenvalue weighted by Gasteiger charge is 2.40. The minimum Gasteiger partial charge on any atom is -0.494 e. The Morgan fingerprint density at radius 3 is 2.15 bits per heavy atom. The number of ether oxygens (including phenoxy) is 1. The number of hydrogen-bond acceptors (Lipinski definition) is 4. The van der Waals surface area contributed by atoms with E-state index in [1.54, 1.807) is 0 Å². The number of rotatable bonds is 8. The second-order valence-electron chi connectivity index (χ2n) is 8.51. The number of hydrogen-bond donors (Lipinski definition) is 1. The Morgan fingerprint density at radius 1 is 0.824 bits per heavy atom. The first-order valence-corrected chi connectivity index (χ1v) is 11.7. The fraction of sp³-hybridized carbons (Fsp3) is 0.241. The molecule has 0 saturated carbocycles. The lowest BCUT2D eigenvalue weighted by molar-refractivity contribution is -0.120. The third-order valence-electron chi connectivity index (χ3n) is 6.08. The lowest BCUT2D eigenvalue weighted by atomic mass is 10.0. The van der Waals surface area contributed by atoms with Crippen LogP contribution in [0.25, 0.3) is 5.57 Å². The molecule has 0 aromatic heterocycles. The molecule has 1 aliphatic rings. The van der Waals surface area contributed by atoms with Crippen LogP contribution in [0.2, 0.25) is 0 Å². The Bertz CT molecular complexity index is 1240. The van der Waals surface area contributed by atoms with Crippen LogP contribution in [0.3, 0.4) is 0 Å². The highest BCUT2D eigenvalue weighted by molar-refractivity contribution is 6.46. The zero-order chi connectivity index (χ0) is 24.2. The first-order valence-electron chi connectivity index (χ1n) is 11.7. The molecule has 0 atom stereocenters. The van der Waals surface area contributed by atoms with Crippen LogP contribution < -0.4 is 15.0 Å². The molecule has 0 aliphatic carbocycles. The van der Waals surface area contributed by atoms with Crippen LogP contribution in [0.1, 0.15) is 42.5 Å². The second kappa shape index (κ2) is 9.96. The fourth-order valence-corrected chi connectivity index (χ4v) is 3.92. The molecule has 1 heterocycles. The van der Waals surface area contributed by atoms with Gasteiger partial charge in [0.25, 0.3) is 11.8 Å². The number of benzene rings is 3. The van der Waals surface area contributed by atoms with Crippen LogP contribution >= 0.6 is 0 Å². The average Bonchev–Trinajstić information content (AvgIpc) is 3.09. The van der Waals surface area contributed by atoms with Crippen molar-refractivity contribution in [1.29, 1.82) is 0 Å². The van der Waals surface area contributed by atoms with E-state index in [1.165, 1.54) is 10.5 Å². The highest BCUT2D eigenvalue weighted by Crippen LogP contribution is 2.35. The fourth-order valence-electron chi connectivity index (χ4n) is 3.92. The van der Waals surface area contributed by atoms with Crippen LogP contribution in [0.5, 0.6) is 5.75 Å². The molecule has 1 N–H and O–H groups in total. The van der Waals surface area contributed by atoms with Crippen molar-refractivity contribution < 1.29 is 14.3 Å². The van der Waals surface area contributed by atoms with Gasteiger partial charge < -0.3 is 10.1 Å². The molecule has 5 nitrogen and oxygen atoms in total. The number of amides is 2. The van der Waals surface area contributed by atoms with Crippen molar-refractivity contribution in [2.75, 3.05) is 16.8 Å². The summed E-state index contributed by atoms with van der Waals surface area (Å²) in [5.41, 5.74) is 5.95. The SMILES string of the molecule is CCCOc1ccc(C2=C(Nc3ccc(CC)cc3)C(=O)N(c3ccc(C)c(C)c3)C2=O)cc1. The Morgan fingerprint density at radius 2 is 1.53 bits per heavy atom. The van der Waals surface area contributed by atoms with Gasteiger partial charge in [-0.3, -0.25) is 9.59 Å². The average molecular weight is 455 g/mol. The monoisotopic (exact) mass is 454 g/mol. The summed E-state index contributed by atoms with van der Waals surface area (Å²) < 4.78 is 5.69. The number of carbonyl (C=O) groups excluding carboxylic acids is 2. The predicted molar refractivity (Wildman–Crippen MR) is 137 cm³/mol. The Balaban J connectivity index is 1.75. The van der Waals surface area contributed by atoms with Gasteiger partial charge in [0.05, 0.1) is 17.9 Å². The van der Waals surface area contributed by atoms with Crippen molar-refractivity contribution in [2.45, 2.75) is 40.5 Å². The summed E-state index contributed by atoms with van der Waals surface area (Å²) in [6.45, 7) is 8.75. The van der Waals surface area contributed by atoms with Crippen LogP contribution in [0.15, 0.2) is 72.4 Å². The quantitative estimate of drug-likeness (QED) is 0.421.